The van der Waals surface area contributed by atoms with Gasteiger partial charge in [-0.05, 0) is 6.92 Å². The summed E-state index contributed by atoms with van der Waals surface area (Å²) in [7, 11) is 0. The van der Waals surface area contributed by atoms with Crippen LogP contribution in [-0.2, 0) is 0 Å². The number of nitrogens with zero attached hydrogens (tertiary/aromatic N) is 1. The number of hydrogen-bond donors (Lipinski definition) is 2. The van der Waals surface area contributed by atoms with Crippen LogP contribution in [0.2, 0.25) is 0 Å². The van der Waals surface area contributed by atoms with E-state index in [0.717, 1.165) is 5.57 Å². The fraction of sp³-hybridized carbons (Fsp3) is 0.500. The highest BCUT2D eigenvalue weighted by Gasteiger charge is 2.27. The van der Waals surface area contributed by atoms with Crippen LogP contribution in [0.5, 0.6) is 0 Å². The minimum absolute atomic E-state index is 0.0417. The zero-order valence-electron chi connectivity index (χ0n) is 5.74. The summed E-state index contributed by atoms with van der Waals surface area (Å²) in [5.41, 5.74) is 6.27. The van der Waals surface area contributed by atoms with Crippen molar-refractivity contribution < 1.29 is 5.11 Å². The fourth-order valence-corrected chi connectivity index (χ4v) is 1.59. The topological polar surface area (TPSA) is 58.6 Å². The Kier molecular flexibility index (Phi) is 2.01. The Labute approximate surface area is 64.0 Å². The number of thioether (sulfide) groups is 1. The quantitative estimate of drug-likeness (QED) is 0.540. The van der Waals surface area contributed by atoms with Gasteiger partial charge in [0.05, 0.1) is 5.25 Å². The summed E-state index contributed by atoms with van der Waals surface area (Å²) in [5, 5.41) is 9.58. The Morgan fingerprint density at radius 3 is 2.70 bits per heavy atom. The molecule has 0 aromatic rings. The van der Waals surface area contributed by atoms with E-state index in [0.29, 0.717) is 5.17 Å². The van der Waals surface area contributed by atoms with Crippen LogP contribution in [0.15, 0.2) is 17.1 Å². The van der Waals surface area contributed by atoms with Crippen molar-refractivity contribution in [2.45, 2.75) is 18.4 Å². The molecule has 0 aromatic heterocycles. The maximum Gasteiger partial charge on any atom is 0.164 e. The molecule has 0 aliphatic carbocycles. The molecule has 10 heavy (non-hydrogen) atoms. The lowest BCUT2D eigenvalue weighted by Crippen LogP contribution is -2.16. The van der Waals surface area contributed by atoms with Crippen molar-refractivity contribution in [2.24, 2.45) is 10.7 Å². The van der Waals surface area contributed by atoms with Crippen molar-refractivity contribution in [3.63, 3.8) is 0 Å². The van der Waals surface area contributed by atoms with Crippen LogP contribution < -0.4 is 5.73 Å². The molecule has 2 atom stereocenters. The molecule has 0 spiro atoms. The summed E-state index contributed by atoms with van der Waals surface area (Å²) < 4.78 is 0. The zero-order valence-corrected chi connectivity index (χ0v) is 6.56. The molecule has 4 heteroatoms. The average Bonchev–Trinajstić information content (AvgIpc) is 2.10. The average molecular weight is 158 g/mol. The van der Waals surface area contributed by atoms with E-state index in [-0.39, 0.29) is 5.25 Å². The zero-order chi connectivity index (χ0) is 7.72. The maximum absolute atomic E-state index is 9.18. The van der Waals surface area contributed by atoms with Gasteiger partial charge in [-0.3, -0.25) is 0 Å². The summed E-state index contributed by atoms with van der Waals surface area (Å²) in [6.07, 6.45) is -0.692. The van der Waals surface area contributed by atoms with E-state index in [2.05, 4.69) is 11.6 Å². The molecule has 0 radical (unpaired) electrons. The smallest absolute Gasteiger partial charge is 0.164 e. The first-order chi connectivity index (χ1) is 4.61. The molecule has 0 fully saturated rings. The number of amidine groups is 1. The van der Waals surface area contributed by atoms with E-state index in [1.54, 1.807) is 0 Å². The van der Waals surface area contributed by atoms with Crippen LogP contribution in [-0.4, -0.2) is 21.8 Å². The lowest BCUT2D eigenvalue weighted by molar-refractivity contribution is 0.193. The standard InChI is InChI=1S/C6H10N2OS/c1-3(2)4-5(9)8-6(7)10-4/h4-5,9H,1H2,2H3,(H2,7,8)/t4?,5-/m0/s1. The molecule has 1 aliphatic rings. The molecule has 0 saturated heterocycles. The summed E-state index contributed by atoms with van der Waals surface area (Å²) in [6.45, 7) is 5.57. The molecule has 0 aromatic carbocycles. The van der Waals surface area contributed by atoms with E-state index in [4.69, 9.17) is 5.73 Å². The molecular formula is C6H10N2OS. The van der Waals surface area contributed by atoms with E-state index < -0.39 is 6.23 Å². The second-order valence-electron chi connectivity index (χ2n) is 2.27. The van der Waals surface area contributed by atoms with Crippen molar-refractivity contribution in [2.75, 3.05) is 0 Å². The van der Waals surface area contributed by atoms with Gasteiger partial charge in [0.2, 0.25) is 0 Å². The minimum atomic E-state index is -0.692. The van der Waals surface area contributed by atoms with E-state index in [1.165, 1.54) is 11.8 Å². The van der Waals surface area contributed by atoms with Gasteiger partial charge in [-0.15, -0.1) is 0 Å². The van der Waals surface area contributed by atoms with Crippen LogP contribution in [0.3, 0.4) is 0 Å². The van der Waals surface area contributed by atoms with E-state index in [1.807, 2.05) is 6.92 Å². The maximum atomic E-state index is 9.18. The number of nitrogens with two attached hydrogens (primary N) is 1. The molecule has 0 saturated carbocycles. The first-order valence-electron chi connectivity index (χ1n) is 2.94. The van der Waals surface area contributed by atoms with Crippen LogP contribution >= 0.6 is 11.8 Å². The van der Waals surface area contributed by atoms with Crippen molar-refractivity contribution in [1.29, 1.82) is 0 Å². The van der Waals surface area contributed by atoms with Crippen molar-refractivity contribution >= 4 is 16.9 Å². The predicted molar refractivity (Wildman–Crippen MR) is 43.8 cm³/mol. The van der Waals surface area contributed by atoms with Gasteiger partial charge in [-0.2, -0.15) is 0 Å². The van der Waals surface area contributed by atoms with Crippen LogP contribution in [0.1, 0.15) is 6.92 Å². The van der Waals surface area contributed by atoms with Crippen molar-refractivity contribution in [3.05, 3.63) is 12.2 Å². The van der Waals surface area contributed by atoms with Gasteiger partial charge in [0.1, 0.15) is 0 Å². The molecule has 1 unspecified atom stereocenters. The Morgan fingerprint density at radius 1 is 1.90 bits per heavy atom. The third kappa shape index (κ3) is 1.33. The number of aliphatic hydroxyl groups is 1. The molecule has 1 rings (SSSR count). The monoisotopic (exact) mass is 158 g/mol. The SMILES string of the molecule is C=C(C)C1SC(N)=N[C@H]1O. The second-order valence-corrected chi connectivity index (χ2v) is 3.43. The molecule has 56 valence electrons. The summed E-state index contributed by atoms with van der Waals surface area (Å²) in [6, 6.07) is 0. The molecule has 1 heterocycles. The van der Waals surface area contributed by atoms with E-state index >= 15 is 0 Å². The second kappa shape index (κ2) is 2.64. The number of aliphatic imine (C=N–C) groups is 1. The third-order valence-corrected chi connectivity index (χ3v) is 2.51. The van der Waals surface area contributed by atoms with Gasteiger partial charge in [0.25, 0.3) is 0 Å². The Hall–Kier alpha value is -0.480. The molecule has 1 aliphatic heterocycles. The first kappa shape index (κ1) is 7.63. The first-order valence-corrected chi connectivity index (χ1v) is 3.82. The van der Waals surface area contributed by atoms with Crippen molar-refractivity contribution in [3.8, 4) is 0 Å². The normalized spacial score (nSPS) is 32.0. The lowest BCUT2D eigenvalue weighted by Gasteiger charge is -2.09. The summed E-state index contributed by atoms with van der Waals surface area (Å²) in [5.74, 6) is 0. The highest BCUT2D eigenvalue weighted by atomic mass is 32.2. The van der Waals surface area contributed by atoms with Gasteiger partial charge in [-0.25, -0.2) is 4.99 Å². The molecule has 0 bridgehead atoms. The molecule has 3 N–H and O–H groups in total. The highest BCUT2D eigenvalue weighted by molar-refractivity contribution is 8.14. The number of aliphatic hydroxyl groups excluding tert-OH is 1. The Morgan fingerprint density at radius 2 is 2.50 bits per heavy atom. The van der Waals surface area contributed by atoms with E-state index in [9.17, 15) is 5.11 Å². The highest BCUT2D eigenvalue weighted by Crippen LogP contribution is 2.27. The molecule has 0 amide bonds. The van der Waals surface area contributed by atoms with Crippen LogP contribution in [0.25, 0.3) is 0 Å². The van der Waals surface area contributed by atoms with Gasteiger partial charge in [0.15, 0.2) is 11.4 Å². The molecular weight excluding hydrogens is 148 g/mol. The largest absolute Gasteiger partial charge is 0.378 e. The minimum Gasteiger partial charge on any atom is -0.378 e. The number of hydrogen-bond acceptors (Lipinski definition) is 4. The molecule has 3 nitrogen and oxygen atoms in total. The van der Waals surface area contributed by atoms with Gasteiger partial charge < -0.3 is 10.8 Å². The van der Waals surface area contributed by atoms with Crippen LogP contribution in [0, 0.1) is 0 Å². The third-order valence-electron chi connectivity index (χ3n) is 1.26. The predicted octanol–water partition coefficient (Wildman–Crippen LogP) is 0.311. The van der Waals surface area contributed by atoms with Crippen LogP contribution in [0.4, 0.5) is 0 Å². The number of rotatable bonds is 1. The fourth-order valence-electron chi connectivity index (χ4n) is 0.775. The summed E-state index contributed by atoms with van der Waals surface area (Å²) >= 11 is 1.36. The lowest BCUT2D eigenvalue weighted by atomic mass is 10.2. The van der Waals surface area contributed by atoms with Gasteiger partial charge >= 0.3 is 0 Å². The van der Waals surface area contributed by atoms with Gasteiger partial charge in [0, 0.05) is 0 Å². The Bertz CT molecular complexity index is 190. The summed E-state index contributed by atoms with van der Waals surface area (Å²) in [4.78, 5) is 3.74. The Balaban J connectivity index is 2.63. The van der Waals surface area contributed by atoms with Gasteiger partial charge in [-0.1, -0.05) is 23.9 Å². The van der Waals surface area contributed by atoms with Crippen molar-refractivity contribution in [1.82, 2.24) is 0 Å².